The van der Waals surface area contributed by atoms with Gasteiger partial charge < -0.3 is 20.0 Å². The summed E-state index contributed by atoms with van der Waals surface area (Å²) in [5.41, 5.74) is 1.34. The smallest absolute Gasteiger partial charge is 0.251 e. The van der Waals surface area contributed by atoms with Gasteiger partial charge in [-0.25, -0.2) is 9.97 Å². The van der Waals surface area contributed by atoms with Crippen LogP contribution in [0.25, 0.3) is 11.4 Å². The van der Waals surface area contributed by atoms with Gasteiger partial charge in [0.2, 0.25) is 5.91 Å². The van der Waals surface area contributed by atoms with E-state index in [-0.39, 0.29) is 11.8 Å². The highest BCUT2D eigenvalue weighted by molar-refractivity contribution is 5.97. The Hall–Kier alpha value is -3.10. The number of rotatable bonds is 10. The number of hydrogen-bond acceptors (Lipinski definition) is 6. The molecule has 1 aromatic carbocycles. The summed E-state index contributed by atoms with van der Waals surface area (Å²) in [5.74, 6) is 0.357. The molecule has 2 aromatic rings. The lowest BCUT2D eigenvalue weighted by Gasteiger charge is -2.35. The summed E-state index contributed by atoms with van der Waals surface area (Å²) in [7, 11) is 4.08. The normalized spacial score (nSPS) is 15.3. The van der Waals surface area contributed by atoms with E-state index < -0.39 is 6.04 Å². The van der Waals surface area contributed by atoms with Crippen molar-refractivity contribution < 1.29 is 9.59 Å². The average Bonchev–Trinajstić information content (AvgIpc) is 2.84. The van der Waals surface area contributed by atoms with Crippen LogP contribution < -0.4 is 5.32 Å². The zero-order chi connectivity index (χ0) is 23.6. The number of benzene rings is 1. The number of carbonyl (C=O) groups is 2. The highest BCUT2D eigenvalue weighted by atomic mass is 16.2. The van der Waals surface area contributed by atoms with Gasteiger partial charge in [0, 0.05) is 56.2 Å². The Morgan fingerprint density at radius 1 is 1.15 bits per heavy atom. The van der Waals surface area contributed by atoms with Gasteiger partial charge in [0.05, 0.1) is 0 Å². The molecular formula is C25H34N6O2. The molecule has 1 saturated heterocycles. The Kier molecular flexibility index (Phi) is 9.09. The molecule has 33 heavy (non-hydrogen) atoms. The second-order valence-corrected chi connectivity index (χ2v) is 8.50. The zero-order valence-corrected chi connectivity index (χ0v) is 19.6. The maximum atomic E-state index is 13.3. The molecule has 2 heterocycles. The minimum atomic E-state index is -0.546. The second kappa shape index (κ2) is 12.2. The molecule has 0 unspecified atom stereocenters. The number of aromatic nitrogens is 2. The van der Waals surface area contributed by atoms with Crippen LogP contribution in [0.1, 0.15) is 23.2 Å². The number of piperazine rings is 1. The van der Waals surface area contributed by atoms with Gasteiger partial charge in [-0.3, -0.25) is 9.59 Å². The molecule has 8 heteroatoms. The van der Waals surface area contributed by atoms with Crippen molar-refractivity contribution in [1.29, 1.82) is 0 Å². The third-order valence-corrected chi connectivity index (χ3v) is 5.86. The van der Waals surface area contributed by atoms with Crippen LogP contribution >= 0.6 is 0 Å². The first-order valence-electron chi connectivity index (χ1n) is 11.4. The van der Waals surface area contributed by atoms with Gasteiger partial charge in [0.15, 0.2) is 5.82 Å². The molecule has 0 bridgehead atoms. The van der Waals surface area contributed by atoms with Crippen molar-refractivity contribution in [1.82, 2.24) is 30.0 Å². The fraction of sp³-hybridized carbons (Fsp3) is 0.440. The van der Waals surface area contributed by atoms with Crippen LogP contribution in [-0.2, 0) is 4.79 Å². The first-order valence-corrected chi connectivity index (χ1v) is 11.4. The van der Waals surface area contributed by atoms with E-state index in [1.54, 1.807) is 30.6 Å². The van der Waals surface area contributed by atoms with Gasteiger partial charge >= 0.3 is 0 Å². The first-order chi connectivity index (χ1) is 16.0. The Bertz CT molecular complexity index is 910. The summed E-state index contributed by atoms with van der Waals surface area (Å²) in [4.78, 5) is 41.0. The lowest BCUT2D eigenvalue weighted by molar-refractivity contribution is -0.135. The fourth-order valence-corrected chi connectivity index (χ4v) is 3.84. The third-order valence-electron chi connectivity index (χ3n) is 5.86. The summed E-state index contributed by atoms with van der Waals surface area (Å²) in [6, 6.07) is 8.36. The topological polar surface area (TPSA) is 81.7 Å². The first kappa shape index (κ1) is 24.5. The molecule has 0 radical (unpaired) electrons. The Morgan fingerprint density at radius 3 is 2.45 bits per heavy atom. The van der Waals surface area contributed by atoms with Crippen molar-refractivity contribution in [2.75, 3.05) is 53.4 Å². The molecule has 1 aliphatic heterocycles. The Morgan fingerprint density at radius 2 is 1.82 bits per heavy atom. The SMILES string of the molecule is C=CCN(C)CCC[C@H](NC(=O)c1ccc(-c2ncccn2)cc1)C(=O)N1CCN(C)CC1. The van der Waals surface area contributed by atoms with Crippen LogP contribution in [0.3, 0.4) is 0 Å². The fourth-order valence-electron chi connectivity index (χ4n) is 3.84. The molecule has 176 valence electrons. The maximum absolute atomic E-state index is 13.3. The highest BCUT2D eigenvalue weighted by Crippen LogP contribution is 2.15. The molecule has 1 aliphatic rings. The molecule has 1 N–H and O–H groups in total. The lowest BCUT2D eigenvalue weighted by Crippen LogP contribution is -2.54. The van der Waals surface area contributed by atoms with Crippen molar-refractivity contribution >= 4 is 11.8 Å². The van der Waals surface area contributed by atoms with Crippen molar-refractivity contribution in [3.05, 3.63) is 60.9 Å². The van der Waals surface area contributed by atoms with Crippen molar-refractivity contribution in [2.24, 2.45) is 0 Å². The summed E-state index contributed by atoms with van der Waals surface area (Å²) in [6.45, 7) is 8.45. The molecule has 2 amide bonds. The number of nitrogens with zero attached hydrogens (tertiary/aromatic N) is 5. The number of amides is 2. The van der Waals surface area contributed by atoms with E-state index in [9.17, 15) is 9.59 Å². The Balaban J connectivity index is 1.66. The van der Waals surface area contributed by atoms with Crippen LogP contribution in [-0.4, -0.2) is 95.9 Å². The van der Waals surface area contributed by atoms with Gasteiger partial charge in [0.1, 0.15) is 6.04 Å². The van der Waals surface area contributed by atoms with E-state index in [1.165, 1.54) is 0 Å². The van der Waals surface area contributed by atoms with E-state index in [1.807, 2.05) is 30.2 Å². The number of carbonyl (C=O) groups excluding carboxylic acids is 2. The standard InChI is InChI=1S/C25H34N6O2/c1-4-14-29(2)15-5-7-22(25(33)31-18-16-30(3)17-19-31)28-24(32)21-10-8-20(9-11-21)23-26-12-6-13-27-23/h4,6,8-13,22H,1,5,7,14-19H2,2-3H3,(H,28,32)/t22-/m0/s1. The van der Waals surface area contributed by atoms with E-state index in [4.69, 9.17) is 0 Å². The molecule has 0 aliphatic carbocycles. The van der Waals surface area contributed by atoms with Gasteiger partial charge in [-0.05, 0) is 51.7 Å². The number of hydrogen-bond donors (Lipinski definition) is 1. The van der Waals surface area contributed by atoms with Crippen molar-refractivity contribution in [2.45, 2.75) is 18.9 Å². The van der Waals surface area contributed by atoms with Crippen LogP contribution in [0, 0.1) is 0 Å². The van der Waals surface area contributed by atoms with Crippen LogP contribution in [0.2, 0.25) is 0 Å². The molecule has 1 fully saturated rings. The monoisotopic (exact) mass is 450 g/mol. The van der Waals surface area contributed by atoms with Crippen molar-refractivity contribution in [3.8, 4) is 11.4 Å². The summed E-state index contributed by atoms with van der Waals surface area (Å²) >= 11 is 0. The molecule has 0 saturated carbocycles. The van der Waals surface area contributed by atoms with E-state index in [0.717, 1.165) is 38.2 Å². The molecule has 1 atom stereocenters. The van der Waals surface area contributed by atoms with Gasteiger partial charge in [-0.2, -0.15) is 0 Å². The quantitative estimate of drug-likeness (QED) is 0.557. The van der Waals surface area contributed by atoms with Crippen LogP contribution in [0.15, 0.2) is 55.4 Å². The van der Waals surface area contributed by atoms with Gasteiger partial charge in [-0.1, -0.05) is 18.2 Å². The lowest BCUT2D eigenvalue weighted by atomic mass is 10.1. The van der Waals surface area contributed by atoms with Gasteiger partial charge in [-0.15, -0.1) is 6.58 Å². The number of likely N-dealkylation sites (N-methyl/N-ethyl adjacent to an activating group) is 2. The third kappa shape index (κ3) is 7.20. The molecule has 0 spiro atoms. The highest BCUT2D eigenvalue weighted by Gasteiger charge is 2.28. The Labute approximate surface area is 196 Å². The zero-order valence-electron chi connectivity index (χ0n) is 19.6. The van der Waals surface area contributed by atoms with Crippen LogP contribution in [0.4, 0.5) is 0 Å². The minimum Gasteiger partial charge on any atom is -0.340 e. The summed E-state index contributed by atoms with van der Waals surface area (Å²) in [5, 5.41) is 2.99. The van der Waals surface area contributed by atoms with E-state index in [0.29, 0.717) is 30.9 Å². The minimum absolute atomic E-state index is 0.00266. The second-order valence-electron chi connectivity index (χ2n) is 8.50. The summed E-state index contributed by atoms with van der Waals surface area (Å²) < 4.78 is 0. The summed E-state index contributed by atoms with van der Waals surface area (Å²) in [6.07, 6.45) is 6.63. The molecule has 1 aromatic heterocycles. The largest absolute Gasteiger partial charge is 0.340 e. The van der Waals surface area contributed by atoms with Crippen molar-refractivity contribution in [3.63, 3.8) is 0 Å². The maximum Gasteiger partial charge on any atom is 0.251 e. The predicted molar refractivity (Wildman–Crippen MR) is 130 cm³/mol. The number of nitrogens with one attached hydrogen (secondary N) is 1. The van der Waals surface area contributed by atoms with Crippen LogP contribution in [0.5, 0.6) is 0 Å². The predicted octanol–water partition coefficient (Wildman–Crippen LogP) is 1.91. The molecule has 3 rings (SSSR count). The van der Waals surface area contributed by atoms with Gasteiger partial charge in [0.25, 0.3) is 5.91 Å². The molecule has 8 nitrogen and oxygen atoms in total. The van der Waals surface area contributed by atoms with E-state index >= 15 is 0 Å². The molecular weight excluding hydrogens is 416 g/mol. The van der Waals surface area contributed by atoms with E-state index in [2.05, 4.69) is 38.7 Å². The average molecular weight is 451 g/mol.